The molecule has 1 unspecified atom stereocenters. The minimum Gasteiger partial charge on any atom is -0.224 e. The van der Waals surface area contributed by atoms with Crippen molar-refractivity contribution < 1.29 is 8.42 Å². The molecule has 0 spiro atoms. The van der Waals surface area contributed by atoms with Crippen molar-refractivity contribution >= 4 is 25.8 Å². The molecular formula is C17H19BrO2S. The Bertz CT molecular complexity index is 664. The molecule has 112 valence electrons. The van der Waals surface area contributed by atoms with Crippen molar-refractivity contribution in [1.82, 2.24) is 0 Å². The summed E-state index contributed by atoms with van der Waals surface area (Å²) in [7, 11) is -3.12. The summed E-state index contributed by atoms with van der Waals surface area (Å²) in [6.45, 7) is 1.88. The Morgan fingerprint density at radius 2 is 1.62 bits per heavy atom. The topological polar surface area (TPSA) is 34.1 Å². The molecule has 0 N–H and O–H groups in total. The lowest BCUT2D eigenvalue weighted by Gasteiger charge is -2.11. The lowest BCUT2D eigenvalue weighted by atomic mass is 10.0. The van der Waals surface area contributed by atoms with Crippen LogP contribution in [0.1, 0.15) is 29.3 Å². The standard InChI is InChI=1S/C17H19BrO2S/c1-2-12-21(19,20)16-10-8-14(9-11-16)13-17(18)15-6-4-3-5-7-15/h3-11,17H,2,12-13H2,1H3. The second kappa shape index (κ2) is 7.23. The molecule has 0 aromatic heterocycles. The first kappa shape index (κ1) is 16.2. The maximum absolute atomic E-state index is 12.0. The van der Waals surface area contributed by atoms with Gasteiger partial charge in [0.25, 0.3) is 0 Å². The summed E-state index contributed by atoms with van der Waals surface area (Å²) in [5.74, 6) is 0.206. The molecule has 2 aromatic carbocycles. The van der Waals surface area contributed by atoms with E-state index in [1.165, 1.54) is 5.56 Å². The molecule has 0 heterocycles. The minimum atomic E-state index is -3.12. The van der Waals surface area contributed by atoms with E-state index in [1.807, 2.05) is 37.3 Å². The van der Waals surface area contributed by atoms with Gasteiger partial charge in [-0.25, -0.2) is 8.42 Å². The maximum Gasteiger partial charge on any atom is 0.178 e. The van der Waals surface area contributed by atoms with Crippen LogP contribution in [0.5, 0.6) is 0 Å². The molecule has 0 aliphatic rings. The summed E-state index contributed by atoms with van der Waals surface area (Å²) < 4.78 is 24.0. The smallest absolute Gasteiger partial charge is 0.178 e. The number of alkyl halides is 1. The molecule has 0 aliphatic carbocycles. The van der Waals surface area contributed by atoms with Gasteiger partial charge in [-0.1, -0.05) is 65.3 Å². The summed E-state index contributed by atoms with van der Waals surface area (Å²) in [5.41, 5.74) is 2.34. The van der Waals surface area contributed by atoms with Crippen molar-refractivity contribution in [3.63, 3.8) is 0 Å². The average Bonchev–Trinajstić information content (AvgIpc) is 2.48. The van der Waals surface area contributed by atoms with E-state index in [2.05, 4.69) is 28.1 Å². The molecular weight excluding hydrogens is 348 g/mol. The number of hydrogen-bond acceptors (Lipinski definition) is 2. The summed E-state index contributed by atoms with van der Waals surface area (Å²) >= 11 is 3.69. The second-order valence-electron chi connectivity index (χ2n) is 5.05. The van der Waals surface area contributed by atoms with Gasteiger partial charge >= 0.3 is 0 Å². The summed E-state index contributed by atoms with van der Waals surface area (Å²) in [5, 5.41) is 0. The minimum absolute atomic E-state index is 0.206. The van der Waals surface area contributed by atoms with Gasteiger partial charge in [-0.2, -0.15) is 0 Å². The fourth-order valence-electron chi connectivity index (χ4n) is 2.21. The molecule has 0 aliphatic heterocycles. The SMILES string of the molecule is CCCS(=O)(=O)c1ccc(CC(Br)c2ccccc2)cc1. The number of sulfone groups is 1. The molecule has 4 heteroatoms. The Morgan fingerprint density at radius 3 is 2.19 bits per heavy atom. The third-order valence-electron chi connectivity index (χ3n) is 3.33. The van der Waals surface area contributed by atoms with E-state index in [-0.39, 0.29) is 10.6 Å². The third-order valence-corrected chi connectivity index (χ3v) is 6.12. The molecule has 0 bridgehead atoms. The number of halogens is 1. The highest BCUT2D eigenvalue weighted by Crippen LogP contribution is 2.27. The zero-order valence-electron chi connectivity index (χ0n) is 12.0. The zero-order valence-corrected chi connectivity index (χ0v) is 14.4. The summed E-state index contributed by atoms with van der Waals surface area (Å²) in [4.78, 5) is 0.649. The van der Waals surface area contributed by atoms with Crippen LogP contribution in [-0.4, -0.2) is 14.2 Å². The van der Waals surface area contributed by atoms with Gasteiger partial charge in [0, 0.05) is 4.83 Å². The zero-order chi connectivity index (χ0) is 15.3. The largest absolute Gasteiger partial charge is 0.224 e. The van der Waals surface area contributed by atoms with E-state index in [1.54, 1.807) is 12.1 Å². The number of rotatable bonds is 6. The first-order valence-electron chi connectivity index (χ1n) is 7.03. The molecule has 0 radical (unpaired) electrons. The molecule has 0 saturated heterocycles. The normalized spacial score (nSPS) is 13.0. The van der Waals surface area contributed by atoms with Crippen LogP contribution in [0, 0.1) is 0 Å². The highest BCUT2D eigenvalue weighted by Gasteiger charge is 2.13. The molecule has 0 amide bonds. The summed E-state index contributed by atoms with van der Waals surface area (Å²) in [6.07, 6.45) is 1.47. The highest BCUT2D eigenvalue weighted by molar-refractivity contribution is 9.09. The Morgan fingerprint density at radius 1 is 1.00 bits per heavy atom. The third kappa shape index (κ3) is 4.42. The van der Waals surface area contributed by atoms with Gasteiger partial charge in [-0.3, -0.25) is 0 Å². The van der Waals surface area contributed by atoms with Crippen molar-refractivity contribution in [1.29, 1.82) is 0 Å². The molecule has 21 heavy (non-hydrogen) atoms. The number of benzene rings is 2. The fraction of sp³-hybridized carbons (Fsp3) is 0.294. The molecule has 2 nitrogen and oxygen atoms in total. The van der Waals surface area contributed by atoms with Gasteiger partial charge in [0.2, 0.25) is 0 Å². The second-order valence-corrected chi connectivity index (χ2v) is 8.26. The Kier molecular flexibility index (Phi) is 5.59. The van der Waals surface area contributed by atoms with Crippen LogP contribution in [0.2, 0.25) is 0 Å². The van der Waals surface area contributed by atoms with Crippen molar-refractivity contribution in [2.24, 2.45) is 0 Å². The maximum atomic E-state index is 12.0. The van der Waals surface area contributed by atoms with Gasteiger partial charge in [0.15, 0.2) is 9.84 Å². The fourth-order valence-corrected chi connectivity index (χ4v) is 4.21. The predicted molar refractivity (Wildman–Crippen MR) is 90.6 cm³/mol. The van der Waals surface area contributed by atoms with Crippen LogP contribution in [0.25, 0.3) is 0 Å². The lowest BCUT2D eigenvalue weighted by Crippen LogP contribution is -2.06. The van der Waals surface area contributed by atoms with Crippen LogP contribution in [-0.2, 0) is 16.3 Å². The first-order valence-corrected chi connectivity index (χ1v) is 9.60. The Hall–Kier alpha value is -1.13. The van der Waals surface area contributed by atoms with Crippen molar-refractivity contribution in [2.75, 3.05) is 5.75 Å². The van der Waals surface area contributed by atoms with E-state index < -0.39 is 9.84 Å². The lowest BCUT2D eigenvalue weighted by molar-refractivity contribution is 0.594. The van der Waals surface area contributed by atoms with Gasteiger partial charge < -0.3 is 0 Å². The Labute approximate surface area is 135 Å². The van der Waals surface area contributed by atoms with Gasteiger partial charge in [-0.05, 0) is 36.1 Å². The van der Waals surface area contributed by atoms with Crippen LogP contribution < -0.4 is 0 Å². The molecule has 2 rings (SSSR count). The van der Waals surface area contributed by atoms with E-state index in [9.17, 15) is 8.42 Å². The van der Waals surface area contributed by atoms with Crippen molar-refractivity contribution in [3.8, 4) is 0 Å². The van der Waals surface area contributed by atoms with Crippen LogP contribution in [0.3, 0.4) is 0 Å². The van der Waals surface area contributed by atoms with Gasteiger partial charge in [0.1, 0.15) is 0 Å². The van der Waals surface area contributed by atoms with Gasteiger partial charge in [0.05, 0.1) is 10.6 Å². The molecule has 0 fully saturated rings. The number of hydrogen-bond donors (Lipinski definition) is 0. The monoisotopic (exact) mass is 366 g/mol. The van der Waals surface area contributed by atoms with Crippen LogP contribution >= 0.6 is 15.9 Å². The molecule has 1 atom stereocenters. The van der Waals surface area contributed by atoms with E-state index in [0.717, 1.165) is 12.0 Å². The van der Waals surface area contributed by atoms with Crippen LogP contribution in [0.15, 0.2) is 59.5 Å². The van der Waals surface area contributed by atoms with E-state index in [4.69, 9.17) is 0 Å². The highest BCUT2D eigenvalue weighted by atomic mass is 79.9. The summed E-state index contributed by atoms with van der Waals surface area (Å²) in [6, 6.07) is 17.4. The first-order chi connectivity index (χ1) is 10.0. The Balaban J connectivity index is 2.10. The quantitative estimate of drug-likeness (QED) is 0.702. The van der Waals surface area contributed by atoms with E-state index in [0.29, 0.717) is 11.3 Å². The predicted octanol–water partition coefficient (Wildman–Crippen LogP) is 4.55. The van der Waals surface area contributed by atoms with Crippen molar-refractivity contribution in [3.05, 3.63) is 65.7 Å². The van der Waals surface area contributed by atoms with Crippen molar-refractivity contribution in [2.45, 2.75) is 29.5 Å². The van der Waals surface area contributed by atoms with Crippen LogP contribution in [0.4, 0.5) is 0 Å². The van der Waals surface area contributed by atoms with Gasteiger partial charge in [-0.15, -0.1) is 0 Å². The molecule has 2 aromatic rings. The van der Waals surface area contributed by atoms with E-state index >= 15 is 0 Å². The molecule has 0 saturated carbocycles. The average molecular weight is 367 g/mol.